The van der Waals surface area contributed by atoms with Crippen LogP contribution in [0.1, 0.15) is 0 Å². The minimum absolute atomic E-state index is 0.730. The molecule has 0 unspecified atom stereocenters. The van der Waals surface area contributed by atoms with Crippen LogP contribution in [0.5, 0.6) is 0 Å². The topological polar surface area (TPSA) is 38.7 Å². The van der Waals surface area contributed by atoms with Gasteiger partial charge in [0.05, 0.1) is 21.4 Å². The molecule has 0 saturated carbocycles. The maximum absolute atomic E-state index is 4.95. The summed E-state index contributed by atoms with van der Waals surface area (Å²) in [6, 6.07) is 35.1. The molecule has 31 heavy (non-hydrogen) atoms. The van der Waals surface area contributed by atoms with E-state index in [4.69, 9.17) is 15.0 Å². The summed E-state index contributed by atoms with van der Waals surface area (Å²) in [5, 5.41) is 2.08. The Hall–Kier alpha value is -3.89. The number of rotatable bonds is 3. The SMILES string of the molecule is c1ccc(-c2nc(-c3ccc(-c4nc5ccccc5s4)cc3)nc3ccccc23)cc1. The highest BCUT2D eigenvalue weighted by Crippen LogP contribution is 2.32. The Morgan fingerprint density at radius 3 is 1.97 bits per heavy atom. The fourth-order valence-electron chi connectivity index (χ4n) is 3.78. The third-order valence-corrected chi connectivity index (χ3v) is 6.42. The molecule has 0 N–H and O–H groups in total. The van der Waals surface area contributed by atoms with E-state index >= 15 is 0 Å². The molecule has 0 amide bonds. The van der Waals surface area contributed by atoms with Crippen molar-refractivity contribution >= 4 is 32.5 Å². The number of benzene rings is 4. The third-order valence-electron chi connectivity index (χ3n) is 5.33. The van der Waals surface area contributed by atoms with Crippen molar-refractivity contribution in [3.8, 4) is 33.2 Å². The highest BCUT2D eigenvalue weighted by atomic mass is 32.1. The van der Waals surface area contributed by atoms with Crippen molar-refractivity contribution in [2.75, 3.05) is 0 Å². The summed E-state index contributed by atoms with van der Waals surface area (Å²) in [6.07, 6.45) is 0. The first kappa shape index (κ1) is 17.9. The maximum Gasteiger partial charge on any atom is 0.160 e. The van der Waals surface area contributed by atoms with Gasteiger partial charge in [-0.15, -0.1) is 11.3 Å². The maximum atomic E-state index is 4.95. The van der Waals surface area contributed by atoms with Crippen molar-refractivity contribution in [1.29, 1.82) is 0 Å². The van der Waals surface area contributed by atoms with Crippen LogP contribution in [-0.4, -0.2) is 15.0 Å². The van der Waals surface area contributed by atoms with Gasteiger partial charge < -0.3 is 0 Å². The van der Waals surface area contributed by atoms with Gasteiger partial charge in [-0.2, -0.15) is 0 Å². The summed E-state index contributed by atoms with van der Waals surface area (Å²) in [7, 11) is 0. The van der Waals surface area contributed by atoms with Gasteiger partial charge in [-0.25, -0.2) is 15.0 Å². The van der Waals surface area contributed by atoms with E-state index in [1.54, 1.807) is 11.3 Å². The van der Waals surface area contributed by atoms with E-state index < -0.39 is 0 Å². The monoisotopic (exact) mass is 415 g/mol. The molecule has 6 aromatic rings. The van der Waals surface area contributed by atoms with E-state index in [1.807, 2.05) is 42.5 Å². The van der Waals surface area contributed by atoms with E-state index in [0.29, 0.717) is 0 Å². The molecule has 2 aromatic heterocycles. The second-order valence-corrected chi connectivity index (χ2v) is 8.37. The molecule has 0 radical (unpaired) electrons. The Balaban J connectivity index is 1.45. The summed E-state index contributed by atoms with van der Waals surface area (Å²) < 4.78 is 1.20. The van der Waals surface area contributed by atoms with Gasteiger partial charge in [0.1, 0.15) is 5.01 Å². The molecule has 0 aliphatic carbocycles. The zero-order valence-corrected chi connectivity index (χ0v) is 17.4. The van der Waals surface area contributed by atoms with Crippen LogP contribution < -0.4 is 0 Å². The van der Waals surface area contributed by atoms with Gasteiger partial charge in [0.2, 0.25) is 0 Å². The Morgan fingerprint density at radius 1 is 0.484 bits per heavy atom. The van der Waals surface area contributed by atoms with E-state index in [9.17, 15) is 0 Å². The lowest BCUT2D eigenvalue weighted by atomic mass is 10.1. The van der Waals surface area contributed by atoms with Crippen molar-refractivity contribution in [2.45, 2.75) is 0 Å². The second kappa shape index (κ2) is 7.42. The van der Waals surface area contributed by atoms with Crippen LogP contribution in [0.15, 0.2) is 103 Å². The first-order valence-corrected chi connectivity index (χ1v) is 11.0. The normalized spacial score (nSPS) is 11.2. The van der Waals surface area contributed by atoms with Crippen molar-refractivity contribution in [2.24, 2.45) is 0 Å². The van der Waals surface area contributed by atoms with E-state index in [1.165, 1.54) is 4.70 Å². The fourth-order valence-corrected chi connectivity index (χ4v) is 4.75. The molecule has 4 heteroatoms. The highest BCUT2D eigenvalue weighted by molar-refractivity contribution is 7.21. The summed E-state index contributed by atoms with van der Waals surface area (Å²) in [5.41, 5.74) is 6.13. The molecular formula is C27H17N3S. The number of nitrogens with zero attached hydrogens (tertiary/aromatic N) is 3. The summed E-state index contributed by atoms with van der Waals surface area (Å²) in [5.74, 6) is 0.730. The quantitative estimate of drug-likeness (QED) is 0.306. The number of hydrogen-bond donors (Lipinski definition) is 0. The summed E-state index contributed by atoms with van der Waals surface area (Å²) in [6.45, 7) is 0. The molecule has 6 rings (SSSR count). The zero-order chi connectivity index (χ0) is 20.6. The van der Waals surface area contributed by atoms with Crippen LogP contribution in [-0.2, 0) is 0 Å². The Kier molecular flexibility index (Phi) is 4.29. The lowest BCUT2D eigenvalue weighted by Crippen LogP contribution is -1.95. The first-order valence-electron chi connectivity index (χ1n) is 10.1. The Morgan fingerprint density at radius 2 is 1.16 bits per heavy atom. The van der Waals surface area contributed by atoms with Crippen LogP contribution >= 0.6 is 11.3 Å². The van der Waals surface area contributed by atoms with Crippen LogP contribution in [0.25, 0.3) is 54.3 Å². The van der Waals surface area contributed by atoms with Crippen molar-refractivity contribution in [1.82, 2.24) is 15.0 Å². The van der Waals surface area contributed by atoms with Gasteiger partial charge in [-0.1, -0.05) is 84.9 Å². The predicted molar refractivity (Wildman–Crippen MR) is 129 cm³/mol. The van der Waals surface area contributed by atoms with Crippen molar-refractivity contribution in [3.63, 3.8) is 0 Å². The van der Waals surface area contributed by atoms with E-state index in [-0.39, 0.29) is 0 Å². The van der Waals surface area contributed by atoms with E-state index in [0.717, 1.165) is 49.6 Å². The average Bonchev–Trinajstić information content (AvgIpc) is 3.28. The minimum Gasteiger partial charge on any atom is -0.236 e. The highest BCUT2D eigenvalue weighted by Gasteiger charge is 2.12. The second-order valence-electron chi connectivity index (χ2n) is 7.34. The standard InChI is InChI=1S/C27H17N3S/c1-2-8-18(9-3-1)25-21-10-4-5-11-22(21)28-26(30-25)19-14-16-20(17-15-19)27-29-23-12-6-7-13-24(23)31-27/h1-17H. The molecule has 0 aliphatic rings. The number of thiazole rings is 1. The molecule has 3 nitrogen and oxygen atoms in total. The molecule has 146 valence electrons. The zero-order valence-electron chi connectivity index (χ0n) is 16.6. The smallest absolute Gasteiger partial charge is 0.160 e. The van der Waals surface area contributed by atoms with Gasteiger partial charge in [-0.3, -0.25) is 0 Å². The molecule has 0 aliphatic heterocycles. The van der Waals surface area contributed by atoms with Gasteiger partial charge in [-0.05, 0) is 18.2 Å². The molecule has 0 bridgehead atoms. The molecule has 0 atom stereocenters. The lowest BCUT2D eigenvalue weighted by molar-refractivity contribution is 1.23. The van der Waals surface area contributed by atoms with Crippen LogP contribution in [0.4, 0.5) is 0 Å². The number of fused-ring (bicyclic) bond motifs is 2. The number of para-hydroxylation sites is 2. The molecule has 0 spiro atoms. The van der Waals surface area contributed by atoms with Crippen molar-refractivity contribution in [3.05, 3.63) is 103 Å². The van der Waals surface area contributed by atoms with Crippen LogP contribution in [0.2, 0.25) is 0 Å². The largest absolute Gasteiger partial charge is 0.236 e. The first-order chi connectivity index (χ1) is 15.3. The molecule has 4 aromatic carbocycles. The molecular weight excluding hydrogens is 398 g/mol. The Bertz CT molecular complexity index is 1490. The van der Waals surface area contributed by atoms with E-state index in [2.05, 4.69) is 60.7 Å². The van der Waals surface area contributed by atoms with Gasteiger partial charge >= 0.3 is 0 Å². The van der Waals surface area contributed by atoms with Gasteiger partial charge in [0, 0.05) is 22.1 Å². The van der Waals surface area contributed by atoms with Gasteiger partial charge in [0.15, 0.2) is 5.82 Å². The fraction of sp³-hybridized carbons (Fsp3) is 0. The number of aromatic nitrogens is 3. The minimum atomic E-state index is 0.730. The van der Waals surface area contributed by atoms with Crippen LogP contribution in [0.3, 0.4) is 0 Å². The summed E-state index contributed by atoms with van der Waals surface area (Å²) in [4.78, 5) is 14.6. The third kappa shape index (κ3) is 3.27. The Labute approximate surface area is 183 Å². The molecule has 0 saturated heterocycles. The molecule has 2 heterocycles. The summed E-state index contributed by atoms with van der Waals surface area (Å²) >= 11 is 1.71. The predicted octanol–water partition coefficient (Wildman–Crippen LogP) is 7.24. The molecule has 0 fully saturated rings. The van der Waals surface area contributed by atoms with Crippen molar-refractivity contribution < 1.29 is 0 Å². The number of hydrogen-bond acceptors (Lipinski definition) is 4. The van der Waals surface area contributed by atoms with Gasteiger partial charge in [0.25, 0.3) is 0 Å². The van der Waals surface area contributed by atoms with Crippen LogP contribution in [0, 0.1) is 0 Å². The average molecular weight is 416 g/mol. The lowest BCUT2D eigenvalue weighted by Gasteiger charge is -2.09.